The van der Waals surface area contributed by atoms with Crippen LogP contribution in [-0.2, 0) is 13.6 Å². The van der Waals surface area contributed by atoms with Gasteiger partial charge in [0.1, 0.15) is 0 Å². The zero-order valence-corrected chi connectivity index (χ0v) is 13.9. The van der Waals surface area contributed by atoms with E-state index in [1.54, 1.807) is 18.4 Å². The fourth-order valence-electron chi connectivity index (χ4n) is 3.30. The van der Waals surface area contributed by atoms with Crippen molar-refractivity contribution in [3.8, 4) is 5.88 Å². The number of nitrogens with zero attached hydrogens (tertiary/aromatic N) is 4. The molecule has 6 heteroatoms. The number of likely N-dealkylation sites (tertiary alicyclic amines) is 1. The Kier molecular flexibility index (Phi) is 3.99. The van der Waals surface area contributed by atoms with Crippen LogP contribution in [-0.4, -0.2) is 33.3 Å². The Labute approximate surface area is 129 Å². The SMILES string of the molecule is COc1c([C@H]2CCCN2Cc2cnc(C)s2)c(C)nn1C. The molecule has 1 aliphatic heterocycles. The number of hydrogen-bond acceptors (Lipinski definition) is 5. The second-order valence-electron chi connectivity index (χ2n) is 5.61. The molecule has 2 aromatic rings. The number of thiazole rings is 1. The van der Waals surface area contributed by atoms with E-state index in [2.05, 4.69) is 28.8 Å². The molecule has 3 rings (SSSR count). The standard InChI is InChI=1S/C15H22N4OS/c1-10-14(15(20-4)18(3)17-10)13-6-5-7-19(13)9-12-8-16-11(2)21-12/h8,13H,5-7,9H2,1-4H3/t13-/m1/s1. The third-order valence-electron chi connectivity index (χ3n) is 4.13. The van der Waals surface area contributed by atoms with Gasteiger partial charge in [0.05, 0.1) is 23.4 Å². The van der Waals surface area contributed by atoms with Gasteiger partial charge in [-0.2, -0.15) is 5.10 Å². The molecule has 1 fully saturated rings. The third-order valence-corrected chi connectivity index (χ3v) is 5.03. The van der Waals surface area contributed by atoms with Crippen molar-refractivity contribution in [2.75, 3.05) is 13.7 Å². The number of methoxy groups -OCH3 is 1. The highest BCUT2D eigenvalue weighted by Gasteiger charge is 2.32. The van der Waals surface area contributed by atoms with Crippen LogP contribution in [0.2, 0.25) is 0 Å². The van der Waals surface area contributed by atoms with Crippen LogP contribution in [0, 0.1) is 13.8 Å². The zero-order chi connectivity index (χ0) is 15.0. The van der Waals surface area contributed by atoms with E-state index in [-0.39, 0.29) is 0 Å². The first-order valence-corrected chi connectivity index (χ1v) is 8.14. The number of aromatic nitrogens is 3. The van der Waals surface area contributed by atoms with E-state index in [0.717, 1.165) is 29.7 Å². The molecule has 1 saturated heterocycles. The summed E-state index contributed by atoms with van der Waals surface area (Å²) >= 11 is 1.79. The van der Waals surface area contributed by atoms with Crippen LogP contribution in [0.5, 0.6) is 5.88 Å². The minimum atomic E-state index is 0.399. The normalized spacial score (nSPS) is 19.3. The second-order valence-corrected chi connectivity index (χ2v) is 6.93. The summed E-state index contributed by atoms with van der Waals surface area (Å²) in [7, 11) is 3.67. The van der Waals surface area contributed by atoms with Gasteiger partial charge in [-0.25, -0.2) is 9.67 Å². The molecule has 1 atom stereocenters. The topological polar surface area (TPSA) is 43.2 Å². The van der Waals surface area contributed by atoms with Crippen LogP contribution >= 0.6 is 11.3 Å². The lowest BCUT2D eigenvalue weighted by molar-refractivity contribution is 0.243. The lowest BCUT2D eigenvalue weighted by atomic mass is 10.1. The van der Waals surface area contributed by atoms with Gasteiger partial charge in [0.25, 0.3) is 0 Å². The van der Waals surface area contributed by atoms with Gasteiger partial charge in [0.2, 0.25) is 5.88 Å². The second kappa shape index (κ2) is 5.77. The molecule has 5 nitrogen and oxygen atoms in total. The Balaban J connectivity index is 1.87. The largest absolute Gasteiger partial charge is 0.481 e. The molecule has 1 aliphatic rings. The predicted octanol–water partition coefficient (Wildman–Crippen LogP) is 2.84. The Morgan fingerprint density at radius 2 is 2.24 bits per heavy atom. The van der Waals surface area contributed by atoms with Crippen LogP contribution in [0.1, 0.15) is 40.0 Å². The molecular formula is C15H22N4OS. The van der Waals surface area contributed by atoms with E-state index in [0.29, 0.717) is 6.04 Å². The smallest absolute Gasteiger partial charge is 0.216 e. The van der Waals surface area contributed by atoms with Crippen molar-refractivity contribution in [3.63, 3.8) is 0 Å². The molecule has 0 aromatic carbocycles. The van der Waals surface area contributed by atoms with Crippen LogP contribution in [0.15, 0.2) is 6.20 Å². The van der Waals surface area contributed by atoms with Crippen LogP contribution < -0.4 is 4.74 Å². The lowest BCUT2D eigenvalue weighted by Gasteiger charge is -2.24. The van der Waals surface area contributed by atoms with Gasteiger partial charge in [-0.1, -0.05) is 0 Å². The minimum absolute atomic E-state index is 0.399. The van der Waals surface area contributed by atoms with Gasteiger partial charge in [0, 0.05) is 30.7 Å². The Bertz CT molecular complexity index is 634. The van der Waals surface area contributed by atoms with Gasteiger partial charge >= 0.3 is 0 Å². The average molecular weight is 306 g/mol. The van der Waals surface area contributed by atoms with E-state index in [1.165, 1.54) is 23.3 Å². The highest BCUT2D eigenvalue weighted by Crippen LogP contribution is 2.39. The van der Waals surface area contributed by atoms with Crippen LogP contribution in [0.4, 0.5) is 0 Å². The summed E-state index contributed by atoms with van der Waals surface area (Å²) in [6.45, 7) is 6.22. The number of aryl methyl sites for hydroxylation is 3. The van der Waals surface area contributed by atoms with E-state index < -0.39 is 0 Å². The first kappa shape index (κ1) is 14.5. The summed E-state index contributed by atoms with van der Waals surface area (Å²) in [6, 6.07) is 0.399. The molecule has 3 heterocycles. The number of rotatable bonds is 4. The summed E-state index contributed by atoms with van der Waals surface area (Å²) in [4.78, 5) is 8.22. The quantitative estimate of drug-likeness (QED) is 0.871. The fraction of sp³-hybridized carbons (Fsp3) is 0.600. The van der Waals surface area contributed by atoms with Gasteiger partial charge in [-0.05, 0) is 33.2 Å². The van der Waals surface area contributed by atoms with Crippen molar-refractivity contribution in [1.29, 1.82) is 0 Å². The Hall–Kier alpha value is -1.40. The summed E-state index contributed by atoms with van der Waals surface area (Å²) < 4.78 is 7.42. The molecule has 0 radical (unpaired) electrons. The molecule has 0 amide bonds. The lowest BCUT2D eigenvalue weighted by Crippen LogP contribution is -2.23. The van der Waals surface area contributed by atoms with Crippen molar-refractivity contribution in [2.45, 2.75) is 39.3 Å². The van der Waals surface area contributed by atoms with Crippen molar-refractivity contribution >= 4 is 11.3 Å². The van der Waals surface area contributed by atoms with Crippen LogP contribution in [0.3, 0.4) is 0 Å². The first-order valence-electron chi connectivity index (χ1n) is 7.33. The molecule has 0 bridgehead atoms. The molecule has 2 aromatic heterocycles. The van der Waals surface area contributed by atoms with Crippen molar-refractivity contribution in [2.24, 2.45) is 7.05 Å². The summed E-state index contributed by atoms with van der Waals surface area (Å²) in [6.07, 6.45) is 4.39. The van der Waals surface area contributed by atoms with Crippen molar-refractivity contribution in [1.82, 2.24) is 19.7 Å². The van der Waals surface area contributed by atoms with Crippen molar-refractivity contribution in [3.05, 3.63) is 27.3 Å². The van der Waals surface area contributed by atoms with Crippen LogP contribution in [0.25, 0.3) is 0 Å². The van der Waals surface area contributed by atoms with E-state index in [1.807, 2.05) is 17.9 Å². The average Bonchev–Trinajstić information content (AvgIpc) is 3.10. The maximum atomic E-state index is 5.58. The molecule has 0 saturated carbocycles. The van der Waals surface area contributed by atoms with E-state index in [9.17, 15) is 0 Å². The highest BCUT2D eigenvalue weighted by molar-refractivity contribution is 7.11. The van der Waals surface area contributed by atoms with Gasteiger partial charge in [-0.15, -0.1) is 11.3 Å². The fourth-order valence-corrected chi connectivity index (χ4v) is 4.12. The predicted molar refractivity (Wildman–Crippen MR) is 83.7 cm³/mol. The van der Waals surface area contributed by atoms with E-state index >= 15 is 0 Å². The monoisotopic (exact) mass is 306 g/mol. The molecule has 0 N–H and O–H groups in total. The summed E-state index contributed by atoms with van der Waals surface area (Å²) in [5.74, 6) is 0.893. The first-order chi connectivity index (χ1) is 10.1. The van der Waals surface area contributed by atoms with Gasteiger partial charge in [-0.3, -0.25) is 4.90 Å². The molecule has 21 heavy (non-hydrogen) atoms. The number of hydrogen-bond donors (Lipinski definition) is 0. The third kappa shape index (κ3) is 2.70. The minimum Gasteiger partial charge on any atom is -0.481 e. The molecule has 0 aliphatic carbocycles. The Morgan fingerprint density at radius 1 is 1.43 bits per heavy atom. The van der Waals surface area contributed by atoms with E-state index in [4.69, 9.17) is 4.74 Å². The molecule has 114 valence electrons. The molecular weight excluding hydrogens is 284 g/mol. The van der Waals surface area contributed by atoms with Gasteiger partial charge in [0.15, 0.2) is 0 Å². The maximum Gasteiger partial charge on any atom is 0.216 e. The van der Waals surface area contributed by atoms with Crippen molar-refractivity contribution < 1.29 is 4.74 Å². The maximum absolute atomic E-state index is 5.58. The van der Waals surface area contributed by atoms with Gasteiger partial charge < -0.3 is 4.74 Å². The number of ether oxygens (including phenoxy) is 1. The highest BCUT2D eigenvalue weighted by atomic mass is 32.1. The summed E-state index contributed by atoms with van der Waals surface area (Å²) in [5, 5.41) is 5.66. The summed E-state index contributed by atoms with van der Waals surface area (Å²) in [5.41, 5.74) is 2.32. The molecule has 0 unspecified atom stereocenters. The zero-order valence-electron chi connectivity index (χ0n) is 13.1. The molecule has 0 spiro atoms. The Morgan fingerprint density at radius 3 is 2.90 bits per heavy atom.